The molecule has 0 saturated heterocycles. The molecule has 0 aliphatic rings. The van der Waals surface area contributed by atoms with Crippen molar-refractivity contribution in [2.45, 2.75) is 12.6 Å². The first kappa shape index (κ1) is 32.3. The minimum Gasteiger partial charge on any atom is -0.437 e. The molecule has 2 N–H and O–H groups in total. The summed E-state index contributed by atoms with van der Waals surface area (Å²) in [5, 5.41) is 7.23. The van der Waals surface area contributed by atoms with Gasteiger partial charge in [0.2, 0.25) is 11.6 Å². The molecule has 6 rings (SSSR count). The average molecular weight is 642 g/mol. The third kappa shape index (κ3) is 8.01. The van der Waals surface area contributed by atoms with Gasteiger partial charge in [0.05, 0.1) is 24.6 Å². The molecule has 242 valence electrons. The fourth-order valence-electron chi connectivity index (χ4n) is 5.38. The van der Waals surface area contributed by atoms with Gasteiger partial charge in [-0.2, -0.15) is 0 Å². The highest BCUT2D eigenvalue weighted by molar-refractivity contribution is 6.06. The van der Waals surface area contributed by atoms with Gasteiger partial charge in [-0.3, -0.25) is 4.79 Å². The summed E-state index contributed by atoms with van der Waals surface area (Å²) in [6, 6.07) is 33.5. The molecule has 4 aromatic carbocycles. The molecule has 48 heavy (non-hydrogen) atoms. The highest BCUT2D eigenvalue weighted by atomic mass is 19.1. The summed E-state index contributed by atoms with van der Waals surface area (Å²) < 4.78 is 26.3. The van der Waals surface area contributed by atoms with E-state index in [0.29, 0.717) is 41.5 Å². The Morgan fingerprint density at radius 3 is 2.40 bits per heavy atom. The number of nitrogens with zero attached hydrogens (tertiary/aromatic N) is 3. The quantitative estimate of drug-likeness (QED) is 0.123. The summed E-state index contributed by atoms with van der Waals surface area (Å²) in [4.78, 5) is 23.6. The van der Waals surface area contributed by atoms with E-state index in [0.717, 1.165) is 27.8 Å². The van der Waals surface area contributed by atoms with Gasteiger partial charge < -0.3 is 24.7 Å². The summed E-state index contributed by atoms with van der Waals surface area (Å²) in [5.74, 6) is 0.727. The van der Waals surface area contributed by atoms with Crippen molar-refractivity contribution in [3.05, 3.63) is 145 Å². The summed E-state index contributed by atoms with van der Waals surface area (Å²) in [6.45, 7) is 1.22. The minimum atomic E-state index is -0.300. The second-order valence-corrected chi connectivity index (χ2v) is 11.6. The predicted octanol–water partition coefficient (Wildman–Crippen LogP) is 8.12. The van der Waals surface area contributed by atoms with Crippen LogP contribution in [0, 0.1) is 5.82 Å². The van der Waals surface area contributed by atoms with Gasteiger partial charge in [0, 0.05) is 29.4 Å². The van der Waals surface area contributed by atoms with Crippen molar-refractivity contribution >= 4 is 28.5 Å². The number of rotatable bonds is 13. The Hall–Kier alpha value is -5.64. The maximum atomic E-state index is 13.8. The fraction of sp³-hybridized carbons (Fsp3) is 0.154. The van der Waals surface area contributed by atoms with Crippen LogP contribution in [0.3, 0.4) is 0 Å². The van der Waals surface area contributed by atoms with Crippen LogP contribution in [0.5, 0.6) is 0 Å². The molecule has 1 atom stereocenters. The zero-order valence-electron chi connectivity index (χ0n) is 26.8. The van der Waals surface area contributed by atoms with E-state index in [-0.39, 0.29) is 24.4 Å². The largest absolute Gasteiger partial charge is 0.437 e. The second-order valence-electron chi connectivity index (χ2n) is 11.6. The Labute approximate surface area is 278 Å². The number of aromatic nitrogens is 2. The number of likely N-dealkylation sites (N-methyl/N-ethyl adjacent to an activating group) is 1. The highest BCUT2D eigenvalue weighted by Crippen LogP contribution is 2.43. The highest BCUT2D eigenvalue weighted by Gasteiger charge is 2.24. The minimum absolute atomic E-state index is 0.199. The first-order valence-corrected chi connectivity index (χ1v) is 15.6. The standard InChI is InChI=1S/C39H36FN5O3/c1-45(2)22-10-17-34(46)43-32-20-18-29(19-21-32)35-36-38(41-26-42-39(36)48-37(35)30-14-7-4-8-15-30)44-33(28-12-5-3-6-13-28)25-47-24-27-11-9-16-31(40)23-27/h3-21,23,26,33H,22,24-25H2,1-2H3,(H,43,46)(H,41,42,44)/b17-10+/t33-/m1/s1. The van der Waals surface area contributed by atoms with Crippen LogP contribution >= 0.6 is 0 Å². The third-order valence-electron chi connectivity index (χ3n) is 7.66. The van der Waals surface area contributed by atoms with Gasteiger partial charge in [-0.25, -0.2) is 14.4 Å². The maximum Gasteiger partial charge on any atom is 0.248 e. The number of ether oxygens (including phenoxy) is 1. The molecule has 0 bridgehead atoms. The molecular formula is C39H36FN5O3. The van der Waals surface area contributed by atoms with Gasteiger partial charge in [0.25, 0.3) is 0 Å². The van der Waals surface area contributed by atoms with Crippen molar-refractivity contribution in [3.8, 4) is 22.5 Å². The van der Waals surface area contributed by atoms with Gasteiger partial charge in [0.15, 0.2) is 0 Å². The zero-order chi connectivity index (χ0) is 33.3. The monoisotopic (exact) mass is 641 g/mol. The van der Waals surface area contributed by atoms with Gasteiger partial charge in [0.1, 0.15) is 23.7 Å². The van der Waals surface area contributed by atoms with Crippen LogP contribution in [0.4, 0.5) is 15.9 Å². The molecule has 9 heteroatoms. The van der Waals surface area contributed by atoms with E-state index >= 15 is 0 Å². The molecule has 2 aromatic heterocycles. The van der Waals surface area contributed by atoms with E-state index in [1.807, 2.05) is 116 Å². The molecule has 0 spiro atoms. The van der Waals surface area contributed by atoms with Crippen LogP contribution in [-0.4, -0.2) is 48.0 Å². The van der Waals surface area contributed by atoms with Gasteiger partial charge in [-0.15, -0.1) is 0 Å². The number of nitrogens with one attached hydrogen (secondary N) is 2. The Kier molecular flexibility index (Phi) is 10.3. The van der Waals surface area contributed by atoms with E-state index in [9.17, 15) is 9.18 Å². The lowest BCUT2D eigenvalue weighted by atomic mass is 9.98. The predicted molar refractivity (Wildman–Crippen MR) is 188 cm³/mol. The number of benzene rings is 4. The normalized spacial score (nSPS) is 12.1. The number of fused-ring (bicyclic) bond motifs is 1. The van der Waals surface area contributed by atoms with Gasteiger partial charge in [-0.1, -0.05) is 91.0 Å². The number of furan rings is 1. The van der Waals surface area contributed by atoms with Crippen LogP contribution in [0.2, 0.25) is 0 Å². The number of hydrogen-bond donors (Lipinski definition) is 2. The summed E-state index contributed by atoms with van der Waals surface area (Å²) >= 11 is 0. The third-order valence-corrected chi connectivity index (χ3v) is 7.66. The zero-order valence-corrected chi connectivity index (χ0v) is 26.8. The molecule has 0 fully saturated rings. The number of hydrogen-bond acceptors (Lipinski definition) is 7. The number of halogens is 1. The van der Waals surface area contributed by atoms with Crippen molar-refractivity contribution < 1.29 is 18.3 Å². The fourth-order valence-corrected chi connectivity index (χ4v) is 5.38. The molecule has 0 aliphatic carbocycles. The molecule has 0 radical (unpaired) electrons. The van der Waals surface area contributed by atoms with E-state index in [4.69, 9.17) is 9.15 Å². The van der Waals surface area contributed by atoms with Crippen LogP contribution in [0.15, 0.2) is 132 Å². The van der Waals surface area contributed by atoms with Crippen LogP contribution in [0.1, 0.15) is 17.2 Å². The lowest BCUT2D eigenvalue weighted by Gasteiger charge is -2.21. The van der Waals surface area contributed by atoms with Crippen molar-refractivity contribution in [2.24, 2.45) is 0 Å². The summed E-state index contributed by atoms with van der Waals surface area (Å²) in [7, 11) is 3.89. The van der Waals surface area contributed by atoms with Gasteiger partial charge >= 0.3 is 0 Å². The summed E-state index contributed by atoms with van der Waals surface area (Å²) in [6.07, 6.45) is 4.83. The summed E-state index contributed by atoms with van der Waals surface area (Å²) in [5.41, 5.74) is 5.41. The number of carbonyl (C=O) groups is 1. The van der Waals surface area contributed by atoms with E-state index in [2.05, 4.69) is 20.6 Å². The second kappa shape index (κ2) is 15.3. The molecule has 0 aliphatic heterocycles. The van der Waals surface area contributed by atoms with Crippen molar-refractivity contribution in [2.75, 3.05) is 37.9 Å². The molecule has 0 unspecified atom stereocenters. The maximum absolute atomic E-state index is 13.8. The van der Waals surface area contributed by atoms with Crippen LogP contribution < -0.4 is 10.6 Å². The first-order valence-electron chi connectivity index (χ1n) is 15.6. The number of carbonyl (C=O) groups excluding carboxylic acids is 1. The Bertz CT molecular complexity index is 1990. The smallest absolute Gasteiger partial charge is 0.248 e. The number of amides is 1. The molecular weight excluding hydrogens is 605 g/mol. The van der Waals surface area contributed by atoms with Crippen molar-refractivity contribution in [3.63, 3.8) is 0 Å². The van der Waals surface area contributed by atoms with E-state index in [1.54, 1.807) is 6.07 Å². The lowest BCUT2D eigenvalue weighted by Crippen LogP contribution is -2.18. The van der Waals surface area contributed by atoms with Crippen molar-refractivity contribution in [1.82, 2.24) is 14.9 Å². The topological polar surface area (TPSA) is 92.5 Å². The Morgan fingerprint density at radius 2 is 1.67 bits per heavy atom. The first-order chi connectivity index (χ1) is 23.4. The van der Waals surface area contributed by atoms with Crippen LogP contribution in [-0.2, 0) is 16.1 Å². The van der Waals surface area contributed by atoms with E-state index < -0.39 is 0 Å². The Morgan fingerprint density at radius 1 is 0.917 bits per heavy atom. The SMILES string of the molecule is CN(C)C/C=C/C(=O)Nc1ccc(-c2c(-c3ccccc3)oc3ncnc(N[C@H](COCc4cccc(F)c4)c4ccccc4)c23)cc1. The Balaban J connectivity index is 1.35. The number of anilines is 2. The molecule has 1 amide bonds. The van der Waals surface area contributed by atoms with Crippen LogP contribution in [0.25, 0.3) is 33.6 Å². The van der Waals surface area contributed by atoms with Gasteiger partial charge in [-0.05, 0) is 55.1 Å². The van der Waals surface area contributed by atoms with E-state index in [1.165, 1.54) is 24.5 Å². The average Bonchev–Trinajstić information content (AvgIpc) is 3.49. The molecule has 6 aromatic rings. The molecule has 2 heterocycles. The molecule has 8 nitrogen and oxygen atoms in total. The lowest BCUT2D eigenvalue weighted by molar-refractivity contribution is -0.111. The van der Waals surface area contributed by atoms with Crippen molar-refractivity contribution in [1.29, 1.82) is 0 Å². The molecule has 0 saturated carbocycles.